The number of nitrogens with two attached hydrogens (primary N) is 1. The molecule has 0 aromatic heterocycles. The van der Waals surface area contributed by atoms with Crippen molar-refractivity contribution in [3.8, 4) is 11.8 Å². The summed E-state index contributed by atoms with van der Waals surface area (Å²) in [4.78, 5) is 106. The van der Waals surface area contributed by atoms with E-state index < -0.39 is 57.8 Å². The molecule has 11 N–H and O–H groups in total. The molecule has 0 saturated heterocycles. The summed E-state index contributed by atoms with van der Waals surface area (Å²) >= 11 is 0. The lowest BCUT2D eigenvalue weighted by Crippen LogP contribution is -2.57. The maximum Gasteiger partial charge on any atom is 0.266 e. The minimum atomic E-state index is -4.14. The Balaban J connectivity index is 1.08. The van der Waals surface area contributed by atoms with Crippen molar-refractivity contribution < 1.29 is 94.0 Å². The molecule has 2 aliphatic rings. The van der Waals surface area contributed by atoms with E-state index in [4.69, 9.17) is 53.0 Å². The maximum absolute atomic E-state index is 13.9. The number of Topliss-reactive ketones (excluding diaryl/α,β-unsaturated/α-hetero) is 1. The van der Waals surface area contributed by atoms with Crippen LogP contribution in [0.15, 0.2) is 59.9 Å². The number of ketones is 1. The Labute approximate surface area is 601 Å². The first-order chi connectivity index (χ1) is 49.2. The second kappa shape index (κ2) is 51.9. The summed E-state index contributed by atoms with van der Waals surface area (Å²) in [5.41, 5.74) is 7.63. The van der Waals surface area contributed by atoms with Gasteiger partial charge in [0.2, 0.25) is 41.4 Å². The number of amides is 7. The number of nitrogens with one attached hydrogen (secondary N) is 8. The van der Waals surface area contributed by atoms with Crippen molar-refractivity contribution in [2.24, 2.45) is 17.7 Å². The highest BCUT2D eigenvalue weighted by molar-refractivity contribution is 7.85. The minimum absolute atomic E-state index is 0.0293. The second-order valence-electron chi connectivity index (χ2n) is 25.0. The maximum atomic E-state index is 13.9. The fourth-order valence-electron chi connectivity index (χ4n) is 10.6. The molecule has 102 heavy (non-hydrogen) atoms. The first-order valence-electron chi connectivity index (χ1n) is 35.5. The summed E-state index contributed by atoms with van der Waals surface area (Å²) in [5.74, 6) is 8.43. The molecular formula is C71H112N10O20S. The van der Waals surface area contributed by atoms with E-state index in [1.54, 1.807) is 39.5 Å². The molecule has 7 amide bonds. The number of hydrogen-bond donors (Lipinski definition) is 10. The Bertz CT molecular complexity index is 3070. The fraction of sp³-hybridized carbons (Fsp3) is 0.662. The van der Waals surface area contributed by atoms with E-state index in [9.17, 15) is 46.8 Å². The van der Waals surface area contributed by atoms with Gasteiger partial charge in [-0.05, 0) is 68.7 Å². The molecule has 2 aromatic carbocycles. The Morgan fingerprint density at radius 1 is 0.569 bits per heavy atom. The van der Waals surface area contributed by atoms with Crippen molar-refractivity contribution in [3.63, 3.8) is 0 Å². The van der Waals surface area contributed by atoms with Gasteiger partial charge in [0.15, 0.2) is 5.78 Å². The number of benzene rings is 2. The summed E-state index contributed by atoms with van der Waals surface area (Å²) in [6.45, 7) is 14.2. The zero-order valence-electron chi connectivity index (χ0n) is 60.2. The van der Waals surface area contributed by atoms with Gasteiger partial charge in [0.1, 0.15) is 24.8 Å². The number of anilines is 1. The number of rotatable bonds is 55. The molecule has 4 atom stereocenters. The SMILES string of the molecule is CC(C)C(=O)[C@H](C)NC(=O)[C@@H](NC(=O)[C@@H](CCCCCNC(=O)COC1CCCCCC(NCCOCCOCCOCCOCCC(=O)NCCS(=O)(=O)O)=C1NN)NC(=O)CCOCCOCCOCCOCCNC(=O)CCC(=O)N1Cc2ccccc2C#Cc2ccccc21)C(C)C. The van der Waals surface area contributed by atoms with Crippen LogP contribution in [0.1, 0.15) is 135 Å². The third kappa shape index (κ3) is 37.8. The van der Waals surface area contributed by atoms with Crippen LogP contribution in [0.3, 0.4) is 0 Å². The van der Waals surface area contributed by atoms with Gasteiger partial charge in [-0.15, -0.1) is 0 Å². The lowest BCUT2D eigenvalue weighted by atomic mass is 9.99. The van der Waals surface area contributed by atoms with Crippen LogP contribution in [0.5, 0.6) is 0 Å². The molecule has 1 aliphatic heterocycles. The quantitative estimate of drug-likeness (QED) is 0.0149. The monoisotopic (exact) mass is 1460 g/mol. The van der Waals surface area contributed by atoms with Crippen LogP contribution in [-0.4, -0.2) is 229 Å². The first kappa shape index (κ1) is 87.2. The van der Waals surface area contributed by atoms with Crippen molar-refractivity contribution in [3.05, 3.63) is 76.6 Å². The van der Waals surface area contributed by atoms with Crippen molar-refractivity contribution in [2.45, 2.75) is 149 Å². The van der Waals surface area contributed by atoms with Crippen molar-refractivity contribution in [2.75, 3.05) is 149 Å². The summed E-state index contributed by atoms with van der Waals surface area (Å²) in [6.07, 6.45) is 5.67. The standard InChI is InChI=1S/C71H112N10O20S/c1-52(2)67(71(89)77-54(5)69(87)53(3)4)79-70(88)59(78-64(84)28-34-94-38-42-98-46-48-100-44-40-96-36-31-75-62(82)25-26-66(86)81-50-57-18-12-11-16-55(57)23-24-56-17-13-14-21-60(56)81)20-9-7-15-29-74-65(85)51-101-61-22-10-6-8-19-58(68(61)80-72)73-30-35-95-39-43-99-47-45-97-41-37-93-33-27-63(83)76-32-49-102(90,91)92/h11-14,16-18,21,52-54,59,61,67,73,80H,6-10,15,19-20,22,25-51,72H2,1-5H3,(H,74,85)(H,75,82)(H,76,83)(H,77,89)(H,78,84)(H,79,88)(H,90,91,92)/t54-,59+,61?,67-/m0/s1. The molecule has 0 radical (unpaired) electrons. The van der Waals surface area contributed by atoms with E-state index in [2.05, 4.69) is 54.5 Å². The molecular weight excluding hydrogens is 1340 g/mol. The molecule has 1 aliphatic carbocycles. The number of fused-ring (bicyclic) bond motifs is 2. The van der Waals surface area contributed by atoms with Crippen molar-refractivity contribution in [1.29, 1.82) is 0 Å². The molecule has 0 spiro atoms. The lowest BCUT2D eigenvalue weighted by Gasteiger charge is -2.27. The average molecular weight is 1460 g/mol. The molecule has 2 aromatic rings. The minimum Gasteiger partial charge on any atom is -0.385 e. The zero-order chi connectivity index (χ0) is 74.2. The van der Waals surface area contributed by atoms with Crippen molar-refractivity contribution in [1.82, 2.24) is 42.6 Å². The number of ether oxygens (including phenoxy) is 9. The number of carbonyl (C=O) groups excluding carboxylic acids is 8. The van der Waals surface area contributed by atoms with Crippen molar-refractivity contribution >= 4 is 62.9 Å². The number of hydrogen-bond acceptors (Lipinski definition) is 22. The highest BCUT2D eigenvalue weighted by Crippen LogP contribution is 2.27. The largest absolute Gasteiger partial charge is 0.385 e. The van der Waals surface area contributed by atoms with Gasteiger partial charge in [-0.3, -0.25) is 48.8 Å². The van der Waals surface area contributed by atoms with Crippen LogP contribution in [0.25, 0.3) is 0 Å². The van der Waals surface area contributed by atoms with Crippen LogP contribution in [0.2, 0.25) is 0 Å². The molecule has 0 saturated carbocycles. The van der Waals surface area contributed by atoms with Crippen LogP contribution in [0.4, 0.5) is 5.69 Å². The van der Waals surface area contributed by atoms with Crippen LogP contribution >= 0.6 is 0 Å². The molecule has 31 heteroatoms. The summed E-state index contributed by atoms with van der Waals surface area (Å²) in [6, 6.07) is 12.5. The zero-order valence-corrected chi connectivity index (χ0v) is 61.0. The Morgan fingerprint density at radius 3 is 1.74 bits per heavy atom. The summed E-state index contributed by atoms with van der Waals surface area (Å²) in [5, 5.41) is 19.9. The van der Waals surface area contributed by atoms with E-state index >= 15 is 0 Å². The van der Waals surface area contributed by atoms with E-state index in [1.165, 1.54) is 0 Å². The molecule has 0 fully saturated rings. The fourth-order valence-corrected chi connectivity index (χ4v) is 10.9. The predicted octanol–water partition coefficient (Wildman–Crippen LogP) is 2.39. The van der Waals surface area contributed by atoms with Gasteiger partial charge < -0.3 is 90.2 Å². The van der Waals surface area contributed by atoms with Gasteiger partial charge in [0.05, 0.1) is 135 Å². The smallest absolute Gasteiger partial charge is 0.266 e. The predicted molar refractivity (Wildman–Crippen MR) is 380 cm³/mol. The summed E-state index contributed by atoms with van der Waals surface area (Å²) < 4.78 is 80.8. The number of para-hydroxylation sites is 1. The van der Waals surface area contributed by atoms with Crippen LogP contribution in [0, 0.1) is 23.7 Å². The number of nitrogens with zero attached hydrogens (tertiary/aromatic N) is 1. The van der Waals surface area contributed by atoms with Gasteiger partial charge >= 0.3 is 0 Å². The third-order valence-electron chi connectivity index (χ3n) is 16.1. The van der Waals surface area contributed by atoms with Gasteiger partial charge in [-0.25, -0.2) is 0 Å². The average Bonchev–Trinajstić information content (AvgIpc) is 0.811. The molecule has 30 nitrogen and oxygen atoms in total. The second-order valence-corrected chi connectivity index (χ2v) is 26.6. The van der Waals surface area contributed by atoms with E-state index in [-0.39, 0.29) is 133 Å². The number of hydrazine groups is 1. The van der Waals surface area contributed by atoms with Gasteiger partial charge in [-0.2, -0.15) is 8.42 Å². The van der Waals surface area contributed by atoms with Crippen LogP contribution in [-0.2, 0) is 97.7 Å². The van der Waals surface area contributed by atoms with Gasteiger partial charge in [0, 0.05) is 74.6 Å². The molecule has 0 bridgehead atoms. The molecule has 1 unspecified atom stereocenters. The number of carbonyl (C=O) groups is 8. The normalized spacial score (nSPS) is 14.6. The highest BCUT2D eigenvalue weighted by atomic mass is 32.2. The molecule has 4 rings (SSSR count). The van der Waals surface area contributed by atoms with Gasteiger partial charge in [0.25, 0.3) is 10.1 Å². The lowest BCUT2D eigenvalue weighted by molar-refractivity contribution is -0.134. The van der Waals surface area contributed by atoms with Crippen LogP contribution < -0.4 is 53.4 Å². The topological polar surface area (TPSA) is 399 Å². The highest BCUT2D eigenvalue weighted by Gasteiger charge is 2.31. The Hall–Kier alpha value is -7.19. The molecule has 572 valence electrons. The first-order valence-corrected chi connectivity index (χ1v) is 37.1. The third-order valence-corrected chi connectivity index (χ3v) is 16.8. The molecule has 1 heterocycles. The Kier molecular flexibility index (Phi) is 44.4. The Morgan fingerprint density at radius 2 is 1.12 bits per heavy atom. The van der Waals surface area contributed by atoms with E-state index in [0.717, 1.165) is 48.1 Å². The number of allylic oxidation sites excluding steroid dienone is 1. The van der Waals surface area contributed by atoms with E-state index in [1.807, 2.05) is 48.5 Å². The number of unbranched alkanes of at least 4 members (excludes halogenated alkanes) is 2. The van der Waals surface area contributed by atoms with E-state index in [0.29, 0.717) is 123 Å². The summed E-state index contributed by atoms with van der Waals surface area (Å²) in [7, 11) is -4.14. The van der Waals surface area contributed by atoms with Gasteiger partial charge in [-0.1, -0.05) is 95.6 Å².